The van der Waals surface area contributed by atoms with Crippen molar-refractivity contribution in [1.82, 2.24) is 9.97 Å². The highest BCUT2D eigenvalue weighted by molar-refractivity contribution is 5.46. The smallest absolute Gasteiger partial charge is 0.158 e. The number of nitrogens with two attached hydrogens (primary N) is 1. The molecule has 112 valence electrons. The molecule has 4 N–H and O–H groups in total. The summed E-state index contributed by atoms with van der Waals surface area (Å²) in [7, 11) is 1.59. The van der Waals surface area contributed by atoms with Gasteiger partial charge in [-0.25, -0.2) is 15.8 Å². The Morgan fingerprint density at radius 1 is 1.14 bits per heavy atom. The molecule has 0 unspecified atom stereocenters. The van der Waals surface area contributed by atoms with Crippen LogP contribution in [0.25, 0.3) is 0 Å². The monoisotopic (exact) mass is 289 g/mol. The summed E-state index contributed by atoms with van der Waals surface area (Å²) >= 11 is 0. The van der Waals surface area contributed by atoms with Gasteiger partial charge in [0.25, 0.3) is 0 Å². The Morgan fingerprint density at radius 2 is 1.90 bits per heavy atom. The van der Waals surface area contributed by atoms with Crippen molar-refractivity contribution in [3.05, 3.63) is 42.2 Å². The van der Waals surface area contributed by atoms with E-state index in [1.54, 1.807) is 13.2 Å². The lowest BCUT2D eigenvalue weighted by molar-refractivity contribution is 0.178. The Morgan fingerprint density at radius 3 is 2.62 bits per heavy atom. The molecule has 0 saturated heterocycles. The molecule has 7 heteroatoms. The largest absolute Gasteiger partial charge is 0.492 e. The van der Waals surface area contributed by atoms with E-state index in [0.29, 0.717) is 37.2 Å². The maximum Gasteiger partial charge on any atom is 0.158 e. The molecule has 0 radical (unpaired) electrons. The Hall–Kier alpha value is -2.38. The fourth-order valence-corrected chi connectivity index (χ4v) is 1.72. The van der Waals surface area contributed by atoms with Crippen LogP contribution in [0.3, 0.4) is 0 Å². The first kappa shape index (κ1) is 15.0. The first-order valence-corrected chi connectivity index (χ1v) is 6.57. The zero-order valence-corrected chi connectivity index (χ0v) is 11.9. The Labute approximate surface area is 123 Å². The third-order valence-corrected chi connectivity index (χ3v) is 2.61. The molecule has 0 aliphatic carbocycles. The maximum atomic E-state index is 5.59. The molecule has 1 aromatic heterocycles. The number of aromatic nitrogens is 2. The van der Waals surface area contributed by atoms with E-state index >= 15 is 0 Å². The zero-order valence-electron chi connectivity index (χ0n) is 11.9. The lowest BCUT2D eigenvalue weighted by Crippen LogP contribution is -2.15. The van der Waals surface area contributed by atoms with Crippen LogP contribution in [-0.2, 0) is 11.3 Å². The first-order chi connectivity index (χ1) is 10.3. The van der Waals surface area contributed by atoms with E-state index in [-0.39, 0.29) is 0 Å². The van der Waals surface area contributed by atoms with Gasteiger partial charge in [0.05, 0.1) is 6.54 Å². The SMILES string of the molecule is COCc1nc(NN)cc(NCCOc2ccccc2)n1. The van der Waals surface area contributed by atoms with Gasteiger partial charge in [-0.05, 0) is 12.1 Å². The molecular formula is C14H19N5O2. The number of para-hydroxylation sites is 1. The zero-order chi connectivity index (χ0) is 14.9. The number of nitrogens with zero attached hydrogens (tertiary/aromatic N) is 2. The number of methoxy groups -OCH3 is 1. The number of hydrogen-bond donors (Lipinski definition) is 3. The van der Waals surface area contributed by atoms with E-state index in [1.165, 1.54) is 0 Å². The summed E-state index contributed by atoms with van der Waals surface area (Å²) in [5.41, 5.74) is 2.50. The van der Waals surface area contributed by atoms with Crippen LogP contribution in [0.1, 0.15) is 5.82 Å². The second-order valence-electron chi connectivity index (χ2n) is 4.22. The molecular weight excluding hydrogens is 270 g/mol. The Balaban J connectivity index is 1.86. The minimum Gasteiger partial charge on any atom is -0.492 e. The van der Waals surface area contributed by atoms with Crippen LogP contribution in [0.5, 0.6) is 5.75 Å². The van der Waals surface area contributed by atoms with Gasteiger partial charge < -0.3 is 20.2 Å². The number of hydrazine groups is 1. The molecule has 21 heavy (non-hydrogen) atoms. The normalized spacial score (nSPS) is 10.2. The van der Waals surface area contributed by atoms with E-state index in [1.807, 2.05) is 30.3 Å². The number of hydrogen-bond acceptors (Lipinski definition) is 7. The predicted octanol–water partition coefficient (Wildman–Crippen LogP) is 1.40. The summed E-state index contributed by atoms with van der Waals surface area (Å²) in [6, 6.07) is 11.4. The standard InChI is InChI=1S/C14H19N5O2/c1-20-10-14-17-12(9-13(18-14)19-15)16-7-8-21-11-5-3-2-4-6-11/h2-6,9H,7-8,10,15H2,1H3,(H2,16,17,18,19). The van der Waals surface area contributed by atoms with Gasteiger partial charge in [0.1, 0.15) is 30.6 Å². The van der Waals surface area contributed by atoms with Crippen LogP contribution in [0, 0.1) is 0 Å². The Bertz CT molecular complexity index is 550. The Kier molecular flexibility index (Phi) is 5.74. The molecule has 1 heterocycles. The van der Waals surface area contributed by atoms with Gasteiger partial charge in [-0.1, -0.05) is 18.2 Å². The molecule has 0 fully saturated rings. The topological polar surface area (TPSA) is 94.3 Å². The van der Waals surface area contributed by atoms with Crippen molar-refractivity contribution >= 4 is 11.6 Å². The van der Waals surface area contributed by atoms with Crippen LogP contribution in [0.4, 0.5) is 11.6 Å². The second-order valence-corrected chi connectivity index (χ2v) is 4.22. The third-order valence-electron chi connectivity index (χ3n) is 2.61. The van der Waals surface area contributed by atoms with Gasteiger partial charge >= 0.3 is 0 Å². The van der Waals surface area contributed by atoms with Crippen molar-refractivity contribution in [1.29, 1.82) is 0 Å². The lowest BCUT2D eigenvalue weighted by atomic mass is 10.3. The average Bonchev–Trinajstić information content (AvgIpc) is 2.53. The number of ether oxygens (including phenoxy) is 2. The highest BCUT2D eigenvalue weighted by atomic mass is 16.5. The molecule has 0 amide bonds. The molecule has 7 nitrogen and oxygen atoms in total. The van der Waals surface area contributed by atoms with E-state index in [4.69, 9.17) is 15.3 Å². The summed E-state index contributed by atoms with van der Waals surface area (Å²) in [5.74, 6) is 7.97. The summed E-state index contributed by atoms with van der Waals surface area (Å²) in [6.07, 6.45) is 0. The predicted molar refractivity (Wildman–Crippen MR) is 81.0 cm³/mol. The summed E-state index contributed by atoms with van der Waals surface area (Å²) in [6.45, 7) is 1.46. The number of rotatable bonds is 8. The maximum absolute atomic E-state index is 5.59. The van der Waals surface area contributed by atoms with Crippen LogP contribution in [0.15, 0.2) is 36.4 Å². The van der Waals surface area contributed by atoms with Gasteiger partial charge in [0.15, 0.2) is 5.82 Å². The van der Waals surface area contributed by atoms with Crippen molar-refractivity contribution in [2.75, 3.05) is 31.0 Å². The van der Waals surface area contributed by atoms with E-state index in [0.717, 1.165) is 5.75 Å². The van der Waals surface area contributed by atoms with Gasteiger partial charge in [-0.15, -0.1) is 0 Å². The van der Waals surface area contributed by atoms with Crippen molar-refractivity contribution < 1.29 is 9.47 Å². The number of nitrogens with one attached hydrogen (secondary N) is 2. The number of anilines is 2. The molecule has 2 rings (SSSR count). The summed E-state index contributed by atoms with van der Waals surface area (Å²) < 4.78 is 10.6. The highest BCUT2D eigenvalue weighted by Crippen LogP contribution is 2.11. The molecule has 1 aromatic carbocycles. The molecule has 0 saturated carbocycles. The fourth-order valence-electron chi connectivity index (χ4n) is 1.72. The third kappa shape index (κ3) is 4.90. The first-order valence-electron chi connectivity index (χ1n) is 6.57. The van der Waals surface area contributed by atoms with Crippen molar-refractivity contribution in [3.63, 3.8) is 0 Å². The molecule has 0 aliphatic rings. The van der Waals surface area contributed by atoms with Crippen molar-refractivity contribution in [3.8, 4) is 5.75 Å². The number of benzene rings is 1. The van der Waals surface area contributed by atoms with E-state index in [9.17, 15) is 0 Å². The summed E-state index contributed by atoms with van der Waals surface area (Å²) in [4.78, 5) is 8.49. The molecule has 0 aliphatic heterocycles. The van der Waals surface area contributed by atoms with Gasteiger partial charge in [-0.2, -0.15) is 0 Å². The molecule has 0 atom stereocenters. The quantitative estimate of drug-likeness (QED) is 0.384. The van der Waals surface area contributed by atoms with Gasteiger partial charge in [0.2, 0.25) is 0 Å². The second kappa shape index (κ2) is 8.03. The number of nitrogen functional groups attached to an aromatic ring is 1. The van der Waals surface area contributed by atoms with Crippen LogP contribution in [-0.4, -0.2) is 30.2 Å². The molecule has 0 spiro atoms. The lowest BCUT2D eigenvalue weighted by Gasteiger charge is -2.10. The van der Waals surface area contributed by atoms with Crippen LogP contribution < -0.4 is 21.3 Å². The molecule has 2 aromatic rings. The highest BCUT2D eigenvalue weighted by Gasteiger charge is 2.03. The summed E-state index contributed by atoms with van der Waals surface area (Å²) in [5, 5.41) is 3.16. The van der Waals surface area contributed by atoms with Crippen molar-refractivity contribution in [2.45, 2.75) is 6.61 Å². The average molecular weight is 289 g/mol. The van der Waals surface area contributed by atoms with Crippen LogP contribution in [0.2, 0.25) is 0 Å². The van der Waals surface area contributed by atoms with Gasteiger partial charge in [0, 0.05) is 13.2 Å². The van der Waals surface area contributed by atoms with E-state index < -0.39 is 0 Å². The van der Waals surface area contributed by atoms with Crippen LogP contribution >= 0.6 is 0 Å². The van der Waals surface area contributed by atoms with E-state index in [2.05, 4.69) is 20.7 Å². The van der Waals surface area contributed by atoms with Gasteiger partial charge in [-0.3, -0.25) is 0 Å². The van der Waals surface area contributed by atoms with Crippen molar-refractivity contribution in [2.24, 2.45) is 5.84 Å². The fraction of sp³-hybridized carbons (Fsp3) is 0.286. The molecule has 0 bridgehead atoms. The minimum atomic E-state index is 0.324. The minimum absolute atomic E-state index is 0.324.